The summed E-state index contributed by atoms with van der Waals surface area (Å²) in [6.45, 7) is 7.13. The predicted molar refractivity (Wildman–Crippen MR) is 80.8 cm³/mol. The molecule has 2 rings (SSSR count). The molecule has 0 radical (unpaired) electrons. The lowest BCUT2D eigenvalue weighted by Gasteiger charge is -2.31. The van der Waals surface area contributed by atoms with Gasteiger partial charge in [-0.15, -0.1) is 28.0 Å². The molecule has 0 aromatic carbocycles. The first-order valence-electron chi connectivity index (χ1n) is 6.87. The minimum absolute atomic E-state index is 0.172. The van der Waals surface area contributed by atoms with Crippen LogP contribution in [0, 0.1) is 5.41 Å². The average Bonchev–Trinajstić information content (AvgIpc) is 2.87. The molecule has 0 spiro atoms. The van der Waals surface area contributed by atoms with Crippen LogP contribution in [0.15, 0.2) is 5.38 Å². The summed E-state index contributed by atoms with van der Waals surface area (Å²) in [6, 6.07) is 0. The lowest BCUT2D eigenvalue weighted by Crippen LogP contribution is -2.38. The highest BCUT2D eigenvalue weighted by Crippen LogP contribution is 2.31. The fourth-order valence-electron chi connectivity index (χ4n) is 2.02. The monoisotopic (exact) mass is 316 g/mol. The Morgan fingerprint density at radius 2 is 2.15 bits per heavy atom. The number of carbonyl (C=O) groups excluding carboxylic acids is 1. The van der Waals surface area contributed by atoms with E-state index in [1.807, 2.05) is 26.2 Å². The van der Waals surface area contributed by atoms with Crippen molar-refractivity contribution < 1.29 is 9.63 Å². The first-order valence-corrected chi connectivity index (χ1v) is 8.29. The number of halogens is 1. The van der Waals surface area contributed by atoms with Gasteiger partial charge in [0.1, 0.15) is 0 Å². The maximum absolute atomic E-state index is 11.8. The molecule has 1 saturated heterocycles. The summed E-state index contributed by atoms with van der Waals surface area (Å²) < 4.78 is 0. The minimum Gasteiger partial charge on any atom is -0.367 e. The van der Waals surface area contributed by atoms with Crippen molar-refractivity contribution in [2.75, 3.05) is 13.1 Å². The van der Waals surface area contributed by atoms with Crippen LogP contribution in [-0.4, -0.2) is 29.1 Å². The quantitative estimate of drug-likeness (QED) is 0.800. The van der Waals surface area contributed by atoms with E-state index in [2.05, 4.69) is 4.98 Å². The third-order valence-corrected chi connectivity index (χ3v) is 4.66. The van der Waals surface area contributed by atoms with Crippen molar-refractivity contribution in [2.24, 2.45) is 5.41 Å². The summed E-state index contributed by atoms with van der Waals surface area (Å²) in [5.41, 5.74) is 0.495. The normalized spacial score (nSPS) is 18.2. The second kappa shape index (κ2) is 6.41. The van der Waals surface area contributed by atoms with Crippen LogP contribution in [0.2, 0.25) is 0 Å². The molecule has 0 aliphatic carbocycles. The molecule has 6 heteroatoms. The number of piperidine rings is 1. The molecule has 20 heavy (non-hydrogen) atoms. The minimum atomic E-state index is -0.457. The zero-order valence-corrected chi connectivity index (χ0v) is 13.8. The molecule has 1 aliphatic rings. The van der Waals surface area contributed by atoms with E-state index in [-0.39, 0.29) is 5.97 Å². The Kier molecular flexibility index (Phi) is 5.04. The van der Waals surface area contributed by atoms with Gasteiger partial charge in [0, 0.05) is 24.4 Å². The van der Waals surface area contributed by atoms with Crippen LogP contribution in [0.1, 0.15) is 50.2 Å². The molecular formula is C14H21ClN2O2S. The zero-order valence-electron chi connectivity index (χ0n) is 12.2. The Morgan fingerprint density at radius 3 is 2.65 bits per heavy atom. The fraction of sp³-hybridized carbons (Fsp3) is 0.714. The summed E-state index contributed by atoms with van der Waals surface area (Å²) in [5.74, 6) is 0.759. The summed E-state index contributed by atoms with van der Waals surface area (Å²) in [5, 5.41) is 4.96. The first-order chi connectivity index (χ1) is 9.40. The summed E-state index contributed by atoms with van der Waals surface area (Å²) in [7, 11) is 0. The Balaban J connectivity index is 1.85. The van der Waals surface area contributed by atoms with Crippen molar-refractivity contribution in [2.45, 2.75) is 45.4 Å². The first kappa shape index (κ1) is 15.7. The molecule has 0 amide bonds. The van der Waals surface area contributed by atoms with E-state index >= 15 is 0 Å². The van der Waals surface area contributed by atoms with Gasteiger partial charge < -0.3 is 4.84 Å². The Bertz CT molecular complexity index is 462. The highest BCUT2D eigenvalue weighted by Gasteiger charge is 2.29. The van der Waals surface area contributed by atoms with Gasteiger partial charge in [-0.3, -0.25) is 0 Å². The van der Waals surface area contributed by atoms with Crippen LogP contribution in [0.3, 0.4) is 0 Å². The molecule has 0 N–H and O–H groups in total. The van der Waals surface area contributed by atoms with E-state index in [0.29, 0.717) is 11.8 Å². The molecule has 0 saturated carbocycles. The number of aromatic nitrogens is 1. The van der Waals surface area contributed by atoms with E-state index in [4.69, 9.17) is 16.4 Å². The number of carbonyl (C=O) groups is 1. The van der Waals surface area contributed by atoms with Crippen molar-refractivity contribution in [3.05, 3.63) is 16.1 Å². The molecule has 1 fully saturated rings. The Hall–Kier alpha value is -0.650. The third kappa shape index (κ3) is 3.93. The van der Waals surface area contributed by atoms with Gasteiger partial charge in [0.25, 0.3) is 0 Å². The van der Waals surface area contributed by atoms with Crippen molar-refractivity contribution in [3.63, 3.8) is 0 Å². The van der Waals surface area contributed by atoms with Crippen molar-refractivity contribution >= 4 is 28.9 Å². The van der Waals surface area contributed by atoms with Gasteiger partial charge in [-0.2, -0.15) is 0 Å². The third-order valence-electron chi connectivity index (χ3n) is 3.33. The average molecular weight is 317 g/mol. The summed E-state index contributed by atoms with van der Waals surface area (Å²) in [4.78, 5) is 21.8. The Labute approximate surface area is 129 Å². The SMILES string of the molecule is CC(C)(C)C(=O)ON1CCC(c2nc(CCl)cs2)CC1. The van der Waals surface area contributed by atoms with Crippen LogP contribution >= 0.6 is 22.9 Å². The highest BCUT2D eigenvalue weighted by atomic mass is 35.5. The van der Waals surface area contributed by atoms with Crippen LogP contribution in [-0.2, 0) is 15.5 Å². The number of rotatable bonds is 3. The number of hydrogen-bond acceptors (Lipinski definition) is 5. The summed E-state index contributed by atoms with van der Waals surface area (Å²) in [6.07, 6.45) is 1.93. The molecule has 1 aliphatic heterocycles. The fourth-order valence-corrected chi connectivity index (χ4v) is 3.24. The van der Waals surface area contributed by atoms with Crippen molar-refractivity contribution in [1.29, 1.82) is 0 Å². The van der Waals surface area contributed by atoms with Gasteiger partial charge in [-0.25, -0.2) is 9.78 Å². The van der Waals surface area contributed by atoms with Crippen LogP contribution in [0.25, 0.3) is 0 Å². The molecule has 0 atom stereocenters. The van der Waals surface area contributed by atoms with Gasteiger partial charge >= 0.3 is 5.97 Å². The molecule has 112 valence electrons. The topological polar surface area (TPSA) is 42.4 Å². The maximum atomic E-state index is 11.8. The number of hydroxylamine groups is 2. The van der Waals surface area contributed by atoms with Crippen molar-refractivity contribution in [3.8, 4) is 0 Å². The number of hydrogen-bond donors (Lipinski definition) is 0. The number of alkyl halides is 1. The van der Waals surface area contributed by atoms with E-state index in [0.717, 1.165) is 36.6 Å². The number of nitrogens with zero attached hydrogens (tertiary/aromatic N) is 2. The molecule has 4 nitrogen and oxygen atoms in total. The largest absolute Gasteiger partial charge is 0.367 e. The van der Waals surface area contributed by atoms with E-state index in [9.17, 15) is 4.79 Å². The highest BCUT2D eigenvalue weighted by molar-refractivity contribution is 7.09. The zero-order chi connectivity index (χ0) is 14.8. The Morgan fingerprint density at radius 1 is 1.50 bits per heavy atom. The second-order valence-corrected chi connectivity index (χ2v) is 7.30. The van der Waals surface area contributed by atoms with E-state index in [1.54, 1.807) is 16.4 Å². The molecule has 0 bridgehead atoms. The lowest BCUT2D eigenvalue weighted by molar-refractivity contribution is -0.204. The molecular weight excluding hydrogens is 296 g/mol. The molecule has 1 aromatic heterocycles. The second-order valence-electron chi connectivity index (χ2n) is 6.14. The standard InChI is InChI=1S/C14H21ClN2O2S/c1-14(2,3)13(18)19-17-6-4-10(5-7-17)12-16-11(8-15)9-20-12/h9-10H,4-8H2,1-3H3. The van der Waals surface area contributed by atoms with Gasteiger partial charge in [0.05, 0.1) is 22.0 Å². The lowest BCUT2D eigenvalue weighted by atomic mass is 9.97. The summed E-state index contributed by atoms with van der Waals surface area (Å²) >= 11 is 7.46. The smallest absolute Gasteiger partial charge is 0.330 e. The molecule has 2 heterocycles. The van der Waals surface area contributed by atoms with E-state index in [1.165, 1.54) is 0 Å². The van der Waals surface area contributed by atoms with Crippen LogP contribution in [0.5, 0.6) is 0 Å². The van der Waals surface area contributed by atoms with Gasteiger partial charge in [-0.1, -0.05) is 0 Å². The number of thiazole rings is 1. The van der Waals surface area contributed by atoms with E-state index < -0.39 is 5.41 Å². The molecule has 1 aromatic rings. The van der Waals surface area contributed by atoms with Crippen LogP contribution < -0.4 is 0 Å². The predicted octanol–water partition coefficient (Wildman–Crippen LogP) is 3.57. The molecule has 0 unspecified atom stereocenters. The maximum Gasteiger partial charge on any atom is 0.330 e. The van der Waals surface area contributed by atoms with Gasteiger partial charge in [-0.05, 0) is 33.6 Å². The van der Waals surface area contributed by atoms with Gasteiger partial charge in [0.15, 0.2) is 0 Å². The van der Waals surface area contributed by atoms with Crippen LogP contribution in [0.4, 0.5) is 0 Å². The van der Waals surface area contributed by atoms with Crippen molar-refractivity contribution in [1.82, 2.24) is 10.0 Å². The van der Waals surface area contributed by atoms with Gasteiger partial charge in [0.2, 0.25) is 0 Å².